The predicted octanol–water partition coefficient (Wildman–Crippen LogP) is 2.22. The summed E-state index contributed by atoms with van der Waals surface area (Å²) in [4.78, 5) is 22.5. The zero-order valence-electron chi connectivity index (χ0n) is 20.7. The minimum absolute atomic E-state index is 0.320. The third kappa shape index (κ3) is 4.85. The predicted molar refractivity (Wildman–Crippen MR) is 140 cm³/mol. The summed E-state index contributed by atoms with van der Waals surface area (Å²) in [6.07, 6.45) is 8.72. The number of anilines is 4. The molecule has 37 heavy (non-hydrogen) atoms. The summed E-state index contributed by atoms with van der Waals surface area (Å²) in [5.74, 6) is 1.66. The van der Waals surface area contributed by atoms with E-state index < -0.39 is 0 Å². The van der Waals surface area contributed by atoms with E-state index in [1.54, 1.807) is 24.0 Å². The summed E-state index contributed by atoms with van der Waals surface area (Å²) >= 11 is 0. The molecule has 1 aromatic carbocycles. The van der Waals surface area contributed by atoms with Crippen LogP contribution >= 0.6 is 0 Å². The molecular formula is C25H30N10O2. The quantitative estimate of drug-likeness (QED) is 0.402. The van der Waals surface area contributed by atoms with Gasteiger partial charge in [-0.05, 0) is 25.0 Å². The Labute approximate surface area is 214 Å². The van der Waals surface area contributed by atoms with E-state index in [1.807, 2.05) is 12.1 Å². The van der Waals surface area contributed by atoms with E-state index in [-0.39, 0.29) is 0 Å². The second kappa shape index (κ2) is 10.1. The molecule has 0 amide bonds. The van der Waals surface area contributed by atoms with Gasteiger partial charge in [-0.3, -0.25) is 9.88 Å². The molecule has 0 aliphatic carbocycles. The number of nitrogens with two attached hydrogens (primary N) is 1. The van der Waals surface area contributed by atoms with Crippen molar-refractivity contribution in [3.8, 4) is 17.1 Å². The first-order chi connectivity index (χ1) is 18.2. The normalized spacial score (nSPS) is 18.7. The molecule has 0 saturated carbocycles. The van der Waals surface area contributed by atoms with Crippen molar-refractivity contribution < 1.29 is 9.47 Å². The number of nitrogens with zero attached hydrogens (tertiary/aromatic N) is 8. The Morgan fingerprint density at radius 1 is 1.11 bits per heavy atom. The van der Waals surface area contributed by atoms with Gasteiger partial charge in [-0.1, -0.05) is 0 Å². The molecule has 192 valence electrons. The lowest BCUT2D eigenvalue weighted by Crippen LogP contribution is -2.52. The number of piperazine rings is 1. The number of fused-ring (bicyclic) bond motifs is 1. The monoisotopic (exact) mass is 502 g/mol. The minimum Gasteiger partial charge on any atom is -0.495 e. The third-order valence-corrected chi connectivity index (χ3v) is 6.93. The molecule has 1 unspecified atom stereocenters. The summed E-state index contributed by atoms with van der Waals surface area (Å²) in [5, 5.41) is 7.66. The number of rotatable bonds is 6. The maximum atomic E-state index is 5.83. The zero-order valence-corrected chi connectivity index (χ0v) is 20.7. The standard InChI is InChI=1S/C25H30N10O2/c1-36-22-11-17(4-5-21(22)34-8-6-33(7-9-34)18-3-2-10-37-15-18)30-24-25-28-16-29-35(25)14-20(32-24)19-12-27-13-23(26)31-19/h4-5,11-14,16,18H,2-3,6-10,15H2,1H3,(H2,26,31)(H,30,32). The zero-order chi connectivity index (χ0) is 25.2. The molecule has 0 bridgehead atoms. The lowest BCUT2D eigenvalue weighted by molar-refractivity contribution is 0.0159. The summed E-state index contributed by atoms with van der Waals surface area (Å²) in [5.41, 5.74) is 9.44. The van der Waals surface area contributed by atoms with Crippen LogP contribution < -0.4 is 20.7 Å². The van der Waals surface area contributed by atoms with Crippen LogP contribution in [0.2, 0.25) is 0 Å². The first kappa shape index (κ1) is 23.4. The van der Waals surface area contributed by atoms with Gasteiger partial charge in [0.25, 0.3) is 0 Å². The Balaban J connectivity index is 1.22. The number of nitrogens with one attached hydrogen (secondary N) is 1. The molecule has 2 aliphatic rings. The van der Waals surface area contributed by atoms with Gasteiger partial charge in [0.1, 0.15) is 29.3 Å². The van der Waals surface area contributed by atoms with Crippen LogP contribution in [0.4, 0.5) is 23.0 Å². The van der Waals surface area contributed by atoms with Crippen molar-refractivity contribution in [2.45, 2.75) is 18.9 Å². The number of ether oxygens (including phenoxy) is 2. The van der Waals surface area contributed by atoms with Crippen molar-refractivity contribution in [2.75, 3.05) is 62.5 Å². The molecule has 3 aromatic heterocycles. The molecule has 12 nitrogen and oxygen atoms in total. The smallest absolute Gasteiger partial charge is 0.198 e. The fourth-order valence-corrected chi connectivity index (χ4v) is 5.03. The Morgan fingerprint density at radius 2 is 2.00 bits per heavy atom. The van der Waals surface area contributed by atoms with Crippen molar-refractivity contribution >= 4 is 28.7 Å². The van der Waals surface area contributed by atoms with Gasteiger partial charge in [0.2, 0.25) is 0 Å². The van der Waals surface area contributed by atoms with Gasteiger partial charge < -0.3 is 25.4 Å². The highest BCUT2D eigenvalue weighted by Crippen LogP contribution is 2.34. The van der Waals surface area contributed by atoms with Crippen LogP contribution in [0.3, 0.4) is 0 Å². The van der Waals surface area contributed by atoms with Crippen LogP contribution in [0.25, 0.3) is 17.0 Å². The Bertz CT molecular complexity index is 1380. The van der Waals surface area contributed by atoms with E-state index in [1.165, 1.54) is 18.9 Å². The number of nitrogen functional groups attached to an aromatic ring is 1. The molecule has 0 radical (unpaired) electrons. The minimum atomic E-state index is 0.320. The highest BCUT2D eigenvalue weighted by atomic mass is 16.5. The third-order valence-electron chi connectivity index (χ3n) is 6.93. The second-order valence-electron chi connectivity index (χ2n) is 9.24. The van der Waals surface area contributed by atoms with E-state index in [4.69, 9.17) is 20.2 Å². The molecule has 2 aliphatic heterocycles. The van der Waals surface area contributed by atoms with Crippen molar-refractivity contribution in [1.29, 1.82) is 0 Å². The van der Waals surface area contributed by atoms with E-state index in [2.05, 4.69) is 41.2 Å². The van der Waals surface area contributed by atoms with E-state index in [0.717, 1.165) is 62.9 Å². The molecule has 3 N–H and O–H groups in total. The van der Waals surface area contributed by atoms with Gasteiger partial charge in [-0.25, -0.2) is 19.5 Å². The van der Waals surface area contributed by atoms with Crippen LogP contribution in [0, 0.1) is 0 Å². The molecule has 12 heteroatoms. The molecule has 6 rings (SSSR count). The molecule has 1 atom stereocenters. The van der Waals surface area contributed by atoms with Crippen LogP contribution in [-0.2, 0) is 4.74 Å². The average molecular weight is 503 g/mol. The van der Waals surface area contributed by atoms with Crippen LogP contribution in [0.15, 0.2) is 43.1 Å². The molecule has 2 saturated heterocycles. The lowest BCUT2D eigenvalue weighted by atomic mass is 10.1. The Kier molecular flexibility index (Phi) is 6.41. The van der Waals surface area contributed by atoms with Gasteiger partial charge in [0, 0.05) is 50.6 Å². The average Bonchev–Trinajstić information content (AvgIpc) is 3.43. The van der Waals surface area contributed by atoms with Crippen molar-refractivity contribution in [3.63, 3.8) is 0 Å². The molecular weight excluding hydrogens is 472 g/mol. The summed E-state index contributed by atoms with van der Waals surface area (Å²) in [6, 6.07) is 6.65. The molecule has 5 heterocycles. The van der Waals surface area contributed by atoms with Gasteiger partial charge in [0.05, 0.1) is 38.0 Å². The summed E-state index contributed by atoms with van der Waals surface area (Å²) in [6.45, 7) is 5.68. The maximum Gasteiger partial charge on any atom is 0.198 e. The Hall–Kier alpha value is -4.03. The topological polar surface area (TPSA) is 132 Å². The summed E-state index contributed by atoms with van der Waals surface area (Å²) < 4.78 is 13.1. The largest absolute Gasteiger partial charge is 0.495 e. The highest BCUT2D eigenvalue weighted by Gasteiger charge is 2.27. The first-order valence-corrected chi connectivity index (χ1v) is 12.5. The van der Waals surface area contributed by atoms with Gasteiger partial charge >= 0.3 is 0 Å². The van der Waals surface area contributed by atoms with E-state index in [9.17, 15) is 0 Å². The Morgan fingerprint density at radius 3 is 2.78 bits per heavy atom. The number of hydrogen-bond donors (Lipinski definition) is 2. The van der Waals surface area contributed by atoms with Gasteiger partial charge in [-0.2, -0.15) is 5.10 Å². The highest BCUT2D eigenvalue weighted by molar-refractivity contribution is 5.75. The van der Waals surface area contributed by atoms with Crippen LogP contribution in [0.1, 0.15) is 12.8 Å². The van der Waals surface area contributed by atoms with Gasteiger partial charge in [-0.15, -0.1) is 0 Å². The SMILES string of the molecule is COc1cc(Nc2nc(-c3cncc(N)n3)cn3ncnc23)ccc1N1CCN(C2CCCOC2)CC1. The number of benzene rings is 1. The maximum absolute atomic E-state index is 5.83. The van der Waals surface area contributed by atoms with Crippen LogP contribution in [0.5, 0.6) is 5.75 Å². The van der Waals surface area contributed by atoms with Gasteiger partial charge in [0.15, 0.2) is 11.5 Å². The van der Waals surface area contributed by atoms with Crippen molar-refractivity contribution in [1.82, 2.24) is 34.4 Å². The molecule has 0 spiro atoms. The fourth-order valence-electron chi connectivity index (χ4n) is 5.03. The van der Waals surface area contributed by atoms with E-state index >= 15 is 0 Å². The first-order valence-electron chi connectivity index (χ1n) is 12.5. The fraction of sp³-hybridized carbons (Fsp3) is 0.400. The lowest BCUT2D eigenvalue weighted by Gasteiger charge is -2.41. The van der Waals surface area contributed by atoms with Crippen LogP contribution in [-0.4, -0.2) is 87.0 Å². The molecule has 2 fully saturated rings. The van der Waals surface area contributed by atoms with Crippen molar-refractivity contribution in [2.24, 2.45) is 0 Å². The second-order valence-corrected chi connectivity index (χ2v) is 9.24. The number of aromatic nitrogens is 6. The molecule has 4 aromatic rings. The van der Waals surface area contributed by atoms with E-state index in [0.29, 0.717) is 34.7 Å². The number of methoxy groups -OCH3 is 1. The summed E-state index contributed by atoms with van der Waals surface area (Å²) in [7, 11) is 1.70. The van der Waals surface area contributed by atoms with Crippen molar-refractivity contribution in [3.05, 3.63) is 43.1 Å². The number of hydrogen-bond acceptors (Lipinski definition) is 11.